The van der Waals surface area contributed by atoms with Gasteiger partial charge in [0.05, 0.1) is 6.07 Å². The lowest BCUT2D eigenvalue weighted by Gasteiger charge is -2.13. The zero-order chi connectivity index (χ0) is 10.3. The molecule has 0 aromatic rings. The van der Waals surface area contributed by atoms with Gasteiger partial charge in [0, 0.05) is 24.0 Å². The smallest absolute Gasteiger partial charge is 0.164 e. The molecule has 14 heavy (non-hydrogen) atoms. The molecule has 1 unspecified atom stereocenters. The highest BCUT2D eigenvalue weighted by molar-refractivity contribution is 6.05. The van der Waals surface area contributed by atoms with Crippen LogP contribution >= 0.6 is 0 Å². The molecule has 2 nitrogen and oxygen atoms in total. The summed E-state index contributed by atoms with van der Waals surface area (Å²) in [6, 6.07) is 2.13. The number of rotatable bonds is 1. The molecule has 2 aliphatic rings. The molecule has 1 atom stereocenters. The summed E-state index contributed by atoms with van der Waals surface area (Å²) in [6.45, 7) is 4.26. The van der Waals surface area contributed by atoms with Gasteiger partial charge in [0.25, 0.3) is 0 Å². The largest absolute Gasteiger partial charge is 0.294 e. The third-order valence-electron chi connectivity index (χ3n) is 3.14. The van der Waals surface area contributed by atoms with Crippen molar-refractivity contribution in [1.82, 2.24) is 0 Å². The molecule has 0 radical (unpaired) electrons. The fraction of sp³-hybridized carbons (Fsp3) is 0.500. The number of fused-ring (bicyclic) bond motifs is 1. The average Bonchev–Trinajstić information content (AvgIpc) is 2.67. The maximum atomic E-state index is 11.7. The van der Waals surface area contributed by atoms with Crippen LogP contribution in [0.5, 0.6) is 0 Å². The van der Waals surface area contributed by atoms with Crippen molar-refractivity contribution in [2.45, 2.75) is 26.7 Å². The molecule has 1 saturated carbocycles. The van der Waals surface area contributed by atoms with Gasteiger partial charge in [-0.05, 0) is 17.4 Å². The summed E-state index contributed by atoms with van der Waals surface area (Å²) in [5.41, 5.74) is 2.56. The quantitative estimate of drug-likeness (QED) is 0.632. The van der Waals surface area contributed by atoms with Crippen LogP contribution in [-0.4, -0.2) is 5.78 Å². The maximum Gasteiger partial charge on any atom is 0.164 e. The standard InChI is InChI=1S/C12H13NO/c1-7(2)10-5-11(14)12-8(6-13)3-4-9(10)12/h4,7,10H,3,5H2,1-2H3. The molecule has 0 bridgehead atoms. The summed E-state index contributed by atoms with van der Waals surface area (Å²) in [5, 5.41) is 8.86. The van der Waals surface area contributed by atoms with Crippen molar-refractivity contribution in [2.24, 2.45) is 11.8 Å². The molecule has 0 amide bonds. The minimum Gasteiger partial charge on any atom is -0.294 e. The van der Waals surface area contributed by atoms with Gasteiger partial charge in [-0.3, -0.25) is 4.79 Å². The van der Waals surface area contributed by atoms with E-state index in [1.165, 1.54) is 0 Å². The van der Waals surface area contributed by atoms with Crippen molar-refractivity contribution in [1.29, 1.82) is 5.26 Å². The topological polar surface area (TPSA) is 40.9 Å². The highest BCUT2D eigenvalue weighted by Crippen LogP contribution is 2.43. The van der Waals surface area contributed by atoms with Gasteiger partial charge in [0.2, 0.25) is 0 Å². The average molecular weight is 187 g/mol. The summed E-state index contributed by atoms with van der Waals surface area (Å²) in [5.74, 6) is 1.01. The number of allylic oxidation sites excluding steroid dienone is 4. The van der Waals surface area contributed by atoms with Crippen LogP contribution in [0.2, 0.25) is 0 Å². The molecule has 2 heteroatoms. The first-order valence-corrected chi connectivity index (χ1v) is 5.02. The van der Waals surface area contributed by atoms with Crippen molar-refractivity contribution in [3.8, 4) is 6.07 Å². The number of Topliss-reactive ketones (excluding diaryl/α,β-unsaturated/α-hetero) is 1. The van der Waals surface area contributed by atoms with Crippen LogP contribution in [0, 0.1) is 23.2 Å². The number of nitrogens with zero attached hydrogens (tertiary/aromatic N) is 1. The Morgan fingerprint density at radius 1 is 1.57 bits per heavy atom. The molecule has 72 valence electrons. The Morgan fingerprint density at radius 2 is 2.29 bits per heavy atom. The number of hydrogen-bond acceptors (Lipinski definition) is 2. The first kappa shape index (κ1) is 9.21. The van der Waals surface area contributed by atoms with Crippen LogP contribution in [0.1, 0.15) is 26.7 Å². The van der Waals surface area contributed by atoms with E-state index in [1.807, 2.05) is 0 Å². The third kappa shape index (κ3) is 1.13. The fourth-order valence-corrected chi connectivity index (χ4v) is 2.36. The molecule has 2 aliphatic carbocycles. The molecule has 2 rings (SSSR count). The maximum absolute atomic E-state index is 11.7. The van der Waals surface area contributed by atoms with Crippen molar-refractivity contribution >= 4 is 5.78 Å². The van der Waals surface area contributed by atoms with Crippen molar-refractivity contribution in [3.05, 3.63) is 22.8 Å². The van der Waals surface area contributed by atoms with Crippen molar-refractivity contribution in [3.63, 3.8) is 0 Å². The molecule has 0 N–H and O–H groups in total. The Balaban J connectivity index is 2.43. The van der Waals surface area contributed by atoms with Crippen LogP contribution < -0.4 is 0 Å². The second-order valence-electron chi connectivity index (χ2n) is 4.31. The summed E-state index contributed by atoms with van der Waals surface area (Å²) >= 11 is 0. The van der Waals surface area contributed by atoms with Crippen LogP contribution in [-0.2, 0) is 4.79 Å². The first-order chi connectivity index (χ1) is 6.65. The Kier molecular flexibility index (Phi) is 2.03. The zero-order valence-electron chi connectivity index (χ0n) is 8.50. The van der Waals surface area contributed by atoms with E-state index in [-0.39, 0.29) is 5.78 Å². The molecule has 1 fully saturated rings. The summed E-state index contributed by atoms with van der Waals surface area (Å²) in [4.78, 5) is 11.7. The number of nitriles is 1. The summed E-state index contributed by atoms with van der Waals surface area (Å²) in [7, 11) is 0. The molecule has 0 aliphatic heterocycles. The minimum atomic E-state index is 0.170. The SMILES string of the molecule is CC(C)C1CC(=O)C2=C(C#N)CC=C21. The zero-order valence-corrected chi connectivity index (χ0v) is 8.50. The van der Waals surface area contributed by atoms with Gasteiger partial charge in [0.15, 0.2) is 5.78 Å². The van der Waals surface area contributed by atoms with E-state index in [1.54, 1.807) is 0 Å². The summed E-state index contributed by atoms with van der Waals surface area (Å²) < 4.78 is 0. The number of carbonyl (C=O) groups excluding carboxylic acids is 1. The second kappa shape index (κ2) is 3.09. The Morgan fingerprint density at radius 3 is 2.86 bits per heavy atom. The van der Waals surface area contributed by atoms with Crippen molar-refractivity contribution < 1.29 is 4.79 Å². The Labute approximate surface area is 83.9 Å². The van der Waals surface area contributed by atoms with Crippen LogP contribution in [0.4, 0.5) is 0 Å². The molecule has 0 saturated heterocycles. The molecule has 0 aromatic heterocycles. The van der Waals surface area contributed by atoms with Crippen LogP contribution in [0.25, 0.3) is 0 Å². The van der Waals surface area contributed by atoms with E-state index in [9.17, 15) is 4.79 Å². The monoisotopic (exact) mass is 187 g/mol. The number of carbonyl (C=O) groups is 1. The predicted molar refractivity (Wildman–Crippen MR) is 53.3 cm³/mol. The van der Waals surface area contributed by atoms with Gasteiger partial charge in [-0.2, -0.15) is 5.26 Å². The van der Waals surface area contributed by atoms with E-state index in [0.29, 0.717) is 30.3 Å². The summed E-state index contributed by atoms with van der Waals surface area (Å²) in [6.07, 6.45) is 3.32. The van der Waals surface area contributed by atoms with E-state index in [4.69, 9.17) is 5.26 Å². The van der Waals surface area contributed by atoms with Crippen LogP contribution in [0.15, 0.2) is 22.8 Å². The highest BCUT2D eigenvalue weighted by Gasteiger charge is 2.38. The fourth-order valence-electron chi connectivity index (χ4n) is 2.36. The lowest BCUT2D eigenvalue weighted by Crippen LogP contribution is -2.05. The van der Waals surface area contributed by atoms with E-state index >= 15 is 0 Å². The first-order valence-electron chi connectivity index (χ1n) is 5.02. The van der Waals surface area contributed by atoms with E-state index in [2.05, 4.69) is 26.0 Å². The van der Waals surface area contributed by atoms with Gasteiger partial charge >= 0.3 is 0 Å². The van der Waals surface area contributed by atoms with Gasteiger partial charge in [-0.25, -0.2) is 0 Å². The van der Waals surface area contributed by atoms with Gasteiger partial charge in [0.1, 0.15) is 0 Å². The Bertz CT molecular complexity index is 393. The predicted octanol–water partition coefficient (Wildman–Crippen LogP) is 2.38. The molecule has 0 aromatic carbocycles. The lowest BCUT2D eigenvalue weighted by molar-refractivity contribution is -0.115. The van der Waals surface area contributed by atoms with Gasteiger partial charge in [-0.15, -0.1) is 0 Å². The van der Waals surface area contributed by atoms with Gasteiger partial charge < -0.3 is 0 Å². The van der Waals surface area contributed by atoms with Crippen LogP contribution in [0.3, 0.4) is 0 Å². The molecule has 0 spiro atoms. The molecular formula is C12H13NO. The molecular weight excluding hydrogens is 174 g/mol. The molecule has 0 heterocycles. The number of hydrogen-bond donors (Lipinski definition) is 0. The normalized spacial score (nSPS) is 25.4. The van der Waals surface area contributed by atoms with Gasteiger partial charge in [-0.1, -0.05) is 19.9 Å². The second-order valence-corrected chi connectivity index (χ2v) is 4.31. The number of ketones is 1. The van der Waals surface area contributed by atoms with E-state index in [0.717, 1.165) is 11.1 Å². The van der Waals surface area contributed by atoms with E-state index < -0.39 is 0 Å². The Hall–Kier alpha value is -1.36. The van der Waals surface area contributed by atoms with Crippen molar-refractivity contribution in [2.75, 3.05) is 0 Å². The third-order valence-corrected chi connectivity index (χ3v) is 3.14. The lowest BCUT2D eigenvalue weighted by atomic mass is 9.90. The highest BCUT2D eigenvalue weighted by atomic mass is 16.1. The minimum absolute atomic E-state index is 0.170.